The van der Waals surface area contributed by atoms with Crippen LogP contribution in [-0.2, 0) is 6.42 Å². The van der Waals surface area contributed by atoms with E-state index in [1.165, 1.54) is 32.1 Å². The highest BCUT2D eigenvalue weighted by atomic mass is 35.5. The van der Waals surface area contributed by atoms with E-state index in [1.807, 2.05) is 12.1 Å². The second kappa shape index (κ2) is 5.44. The zero-order valence-corrected chi connectivity index (χ0v) is 13.7. The van der Waals surface area contributed by atoms with Gasteiger partial charge in [0.2, 0.25) is 0 Å². The molecule has 21 heavy (non-hydrogen) atoms. The molecular weight excluding hydrogens is 303 g/mol. The van der Waals surface area contributed by atoms with Crippen LogP contribution < -0.4 is 0 Å². The normalized spacial score (nSPS) is 38.7. The van der Waals surface area contributed by atoms with Gasteiger partial charge in [0, 0.05) is 16.5 Å². The van der Waals surface area contributed by atoms with Crippen LogP contribution >= 0.6 is 23.2 Å². The molecule has 1 nitrogen and oxygen atoms in total. The van der Waals surface area contributed by atoms with Crippen molar-refractivity contribution in [3.05, 3.63) is 33.8 Å². The second-order valence-electron chi connectivity index (χ2n) is 7.52. The summed E-state index contributed by atoms with van der Waals surface area (Å²) in [6, 6.07) is 5.61. The molecule has 0 aromatic heterocycles. The summed E-state index contributed by atoms with van der Waals surface area (Å²) in [7, 11) is 0. The minimum absolute atomic E-state index is 0.251. The van der Waals surface area contributed by atoms with E-state index in [2.05, 4.69) is 0 Å². The molecule has 4 aliphatic rings. The van der Waals surface area contributed by atoms with Crippen LogP contribution in [0.2, 0.25) is 10.0 Å². The van der Waals surface area contributed by atoms with Crippen molar-refractivity contribution in [2.45, 2.75) is 44.6 Å². The molecule has 1 unspecified atom stereocenters. The fourth-order valence-electron chi connectivity index (χ4n) is 5.64. The van der Waals surface area contributed by atoms with Gasteiger partial charge in [-0.1, -0.05) is 29.3 Å². The van der Waals surface area contributed by atoms with E-state index in [0.29, 0.717) is 22.4 Å². The van der Waals surface area contributed by atoms with Crippen molar-refractivity contribution in [2.75, 3.05) is 0 Å². The number of hydrogen-bond donors (Lipinski definition) is 1. The Balaban J connectivity index is 1.51. The molecule has 1 aromatic carbocycles. The molecule has 3 heteroatoms. The summed E-state index contributed by atoms with van der Waals surface area (Å²) >= 11 is 12.2. The maximum absolute atomic E-state index is 10.8. The summed E-state index contributed by atoms with van der Waals surface area (Å²) in [5, 5.41) is 12.2. The standard InChI is InChI=1S/C18H22Cl2O/c19-15-2-1-12(16(20)9-15)8-17(21)18-13-4-10-3-11(6-13)7-14(18)5-10/h1-2,9-11,13-14,17-18,21H,3-8H2. The Labute approximate surface area is 136 Å². The Hall–Kier alpha value is -0.240. The van der Waals surface area contributed by atoms with Crippen LogP contribution in [0.25, 0.3) is 0 Å². The molecule has 0 amide bonds. The number of hydrogen-bond acceptors (Lipinski definition) is 1. The van der Waals surface area contributed by atoms with Crippen LogP contribution in [0.15, 0.2) is 18.2 Å². The molecule has 0 heterocycles. The molecule has 4 aliphatic carbocycles. The minimum Gasteiger partial charge on any atom is -0.392 e. The van der Waals surface area contributed by atoms with Crippen molar-refractivity contribution >= 4 is 23.2 Å². The van der Waals surface area contributed by atoms with Gasteiger partial charge in [-0.2, -0.15) is 0 Å². The van der Waals surface area contributed by atoms with E-state index in [4.69, 9.17) is 23.2 Å². The SMILES string of the molecule is OC(Cc1ccc(Cl)cc1Cl)C1C2CC3CC(C2)CC1C3. The fourth-order valence-corrected chi connectivity index (χ4v) is 6.13. The third kappa shape index (κ3) is 2.62. The highest BCUT2D eigenvalue weighted by molar-refractivity contribution is 6.35. The maximum Gasteiger partial charge on any atom is 0.0614 e. The quantitative estimate of drug-likeness (QED) is 0.832. The molecule has 4 saturated carbocycles. The first-order chi connectivity index (χ1) is 10.1. The van der Waals surface area contributed by atoms with Crippen LogP contribution in [0.4, 0.5) is 0 Å². The summed E-state index contributed by atoms with van der Waals surface area (Å²) in [5.74, 6) is 3.90. The highest BCUT2D eigenvalue weighted by Gasteiger charge is 2.50. The Kier molecular flexibility index (Phi) is 3.72. The molecule has 1 atom stereocenters. The third-order valence-electron chi connectivity index (χ3n) is 6.19. The molecule has 1 N–H and O–H groups in total. The molecule has 0 aliphatic heterocycles. The van der Waals surface area contributed by atoms with Gasteiger partial charge in [0.25, 0.3) is 0 Å². The third-order valence-corrected chi connectivity index (χ3v) is 6.78. The average Bonchev–Trinajstić information content (AvgIpc) is 2.40. The summed E-state index contributed by atoms with van der Waals surface area (Å²) < 4.78 is 0. The zero-order valence-electron chi connectivity index (χ0n) is 12.1. The Morgan fingerprint density at radius 2 is 1.62 bits per heavy atom. The monoisotopic (exact) mass is 324 g/mol. The van der Waals surface area contributed by atoms with E-state index in [9.17, 15) is 5.11 Å². The van der Waals surface area contributed by atoms with Crippen LogP contribution in [0.3, 0.4) is 0 Å². The molecule has 4 fully saturated rings. The summed E-state index contributed by atoms with van der Waals surface area (Å²) in [4.78, 5) is 0. The Bertz CT molecular complexity index is 514. The van der Waals surface area contributed by atoms with Gasteiger partial charge in [0.15, 0.2) is 0 Å². The van der Waals surface area contributed by atoms with Crippen LogP contribution in [-0.4, -0.2) is 11.2 Å². The van der Waals surface area contributed by atoms with Crippen LogP contribution in [0.5, 0.6) is 0 Å². The lowest BCUT2D eigenvalue weighted by Gasteiger charge is -2.55. The lowest BCUT2D eigenvalue weighted by Crippen LogP contribution is -2.49. The lowest BCUT2D eigenvalue weighted by molar-refractivity contribution is -0.0887. The van der Waals surface area contributed by atoms with E-state index in [0.717, 1.165) is 29.2 Å². The van der Waals surface area contributed by atoms with E-state index < -0.39 is 0 Å². The van der Waals surface area contributed by atoms with Crippen LogP contribution in [0.1, 0.15) is 37.7 Å². The number of rotatable bonds is 3. The minimum atomic E-state index is -0.251. The predicted molar refractivity (Wildman–Crippen MR) is 86.7 cm³/mol. The molecule has 0 saturated heterocycles. The average molecular weight is 325 g/mol. The van der Waals surface area contributed by atoms with Gasteiger partial charge in [-0.15, -0.1) is 0 Å². The summed E-state index contributed by atoms with van der Waals surface area (Å²) in [6.07, 6.45) is 7.28. The molecule has 5 rings (SSSR count). The first-order valence-electron chi connectivity index (χ1n) is 8.22. The molecule has 0 radical (unpaired) electrons. The van der Waals surface area contributed by atoms with Crippen molar-refractivity contribution in [2.24, 2.45) is 29.6 Å². The summed E-state index contributed by atoms with van der Waals surface area (Å²) in [6.45, 7) is 0. The van der Waals surface area contributed by atoms with Gasteiger partial charge in [0.1, 0.15) is 0 Å². The topological polar surface area (TPSA) is 20.2 Å². The Morgan fingerprint density at radius 1 is 1.00 bits per heavy atom. The Morgan fingerprint density at radius 3 is 2.19 bits per heavy atom. The number of aliphatic hydroxyl groups excluding tert-OH is 1. The molecule has 4 bridgehead atoms. The first-order valence-corrected chi connectivity index (χ1v) is 8.97. The number of aliphatic hydroxyl groups is 1. The van der Waals surface area contributed by atoms with E-state index in [-0.39, 0.29) is 6.10 Å². The van der Waals surface area contributed by atoms with Crippen molar-refractivity contribution in [1.29, 1.82) is 0 Å². The zero-order chi connectivity index (χ0) is 14.6. The van der Waals surface area contributed by atoms with E-state index >= 15 is 0 Å². The molecule has 0 spiro atoms. The van der Waals surface area contributed by atoms with Crippen molar-refractivity contribution < 1.29 is 5.11 Å². The first kappa shape index (κ1) is 14.4. The fraction of sp³-hybridized carbons (Fsp3) is 0.667. The van der Waals surface area contributed by atoms with E-state index in [1.54, 1.807) is 6.07 Å². The summed E-state index contributed by atoms with van der Waals surface area (Å²) in [5.41, 5.74) is 1.03. The van der Waals surface area contributed by atoms with Crippen molar-refractivity contribution in [3.63, 3.8) is 0 Å². The van der Waals surface area contributed by atoms with Gasteiger partial charge in [-0.25, -0.2) is 0 Å². The van der Waals surface area contributed by atoms with Gasteiger partial charge >= 0.3 is 0 Å². The second-order valence-corrected chi connectivity index (χ2v) is 8.36. The highest BCUT2D eigenvalue weighted by Crippen LogP contribution is 2.57. The van der Waals surface area contributed by atoms with Crippen molar-refractivity contribution in [1.82, 2.24) is 0 Å². The lowest BCUT2D eigenvalue weighted by atomic mass is 9.50. The smallest absolute Gasteiger partial charge is 0.0614 e. The molecular formula is C18H22Cl2O. The molecule has 1 aromatic rings. The van der Waals surface area contributed by atoms with Gasteiger partial charge in [-0.3, -0.25) is 0 Å². The van der Waals surface area contributed by atoms with Crippen molar-refractivity contribution in [3.8, 4) is 0 Å². The number of benzene rings is 1. The maximum atomic E-state index is 10.8. The largest absolute Gasteiger partial charge is 0.392 e. The molecule has 114 valence electrons. The van der Waals surface area contributed by atoms with Gasteiger partial charge < -0.3 is 5.11 Å². The van der Waals surface area contributed by atoms with Crippen LogP contribution in [0, 0.1) is 29.6 Å². The van der Waals surface area contributed by atoms with Gasteiger partial charge in [-0.05, 0) is 79.4 Å². The van der Waals surface area contributed by atoms with Gasteiger partial charge in [0.05, 0.1) is 6.10 Å². The number of halogens is 2. The predicted octanol–water partition coefficient (Wildman–Crippen LogP) is 4.97.